The summed E-state index contributed by atoms with van der Waals surface area (Å²) in [6.45, 7) is 0.519. The van der Waals surface area contributed by atoms with Crippen LogP contribution in [0.3, 0.4) is 0 Å². The van der Waals surface area contributed by atoms with E-state index in [1.165, 1.54) is 0 Å². The maximum atomic E-state index is 5.60. The second-order valence-electron chi connectivity index (χ2n) is 3.15. The minimum Gasteiger partial charge on any atom is -0.488 e. The zero-order valence-electron chi connectivity index (χ0n) is 8.42. The van der Waals surface area contributed by atoms with E-state index >= 15 is 0 Å². The monoisotopic (exact) mass is 250 g/mol. The Bertz CT molecular complexity index is 482. The lowest BCUT2D eigenvalue weighted by molar-refractivity contribution is 0.309. The van der Waals surface area contributed by atoms with E-state index in [4.69, 9.17) is 22.7 Å². The number of thiazole rings is 1. The molecule has 0 aliphatic heterocycles. The molecule has 5 heteroatoms. The first-order valence-electron chi connectivity index (χ1n) is 4.66. The van der Waals surface area contributed by atoms with Gasteiger partial charge in [-0.2, -0.15) is 0 Å². The molecule has 1 aromatic carbocycles. The molecule has 0 aliphatic rings. The molecule has 0 atom stereocenters. The molecule has 2 aromatic rings. The first-order chi connectivity index (χ1) is 7.75. The fourth-order valence-corrected chi connectivity index (χ4v) is 1.84. The van der Waals surface area contributed by atoms with Crippen molar-refractivity contribution in [3.05, 3.63) is 46.4 Å². The molecule has 1 heterocycles. The van der Waals surface area contributed by atoms with Crippen LogP contribution in [0.25, 0.3) is 0 Å². The van der Waals surface area contributed by atoms with Gasteiger partial charge in [0.1, 0.15) is 17.3 Å². The van der Waals surface area contributed by atoms with Gasteiger partial charge in [0.15, 0.2) is 0 Å². The van der Waals surface area contributed by atoms with E-state index in [1.54, 1.807) is 23.0 Å². The number of rotatable bonds is 4. The SMILES string of the molecule is NC(=S)c1cccc(OCc2cncs2)c1. The van der Waals surface area contributed by atoms with E-state index in [1.807, 2.05) is 24.3 Å². The van der Waals surface area contributed by atoms with Crippen molar-refractivity contribution in [1.29, 1.82) is 0 Å². The molecular weight excluding hydrogens is 240 g/mol. The van der Waals surface area contributed by atoms with Crippen LogP contribution in [0.2, 0.25) is 0 Å². The van der Waals surface area contributed by atoms with Gasteiger partial charge in [0.2, 0.25) is 0 Å². The van der Waals surface area contributed by atoms with Crippen molar-refractivity contribution in [1.82, 2.24) is 4.98 Å². The smallest absolute Gasteiger partial charge is 0.124 e. The van der Waals surface area contributed by atoms with Crippen molar-refractivity contribution >= 4 is 28.5 Å². The maximum Gasteiger partial charge on any atom is 0.124 e. The van der Waals surface area contributed by atoms with Crippen molar-refractivity contribution < 1.29 is 4.74 Å². The minimum absolute atomic E-state index is 0.378. The lowest BCUT2D eigenvalue weighted by atomic mass is 10.2. The summed E-state index contributed by atoms with van der Waals surface area (Å²) in [5, 5.41) is 0. The topological polar surface area (TPSA) is 48.1 Å². The Hall–Kier alpha value is -1.46. The lowest BCUT2D eigenvalue weighted by Crippen LogP contribution is -2.09. The van der Waals surface area contributed by atoms with Crippen LogP contribution < -0.4 is 10.5 Å². The summed E-state index contributed by atoms with van der Waals surface area (Å²) in [5.74, 6) is 0.763. The number of thiocarbonyl (C=S) groups is 1. The number of ether oxygens (including phenoxy) is 1. The van der Waals surface area contributed by atoms with Crippen molar-refractivity contribution in [2.75, 3.05) is 0 Å². The zero-order valence-corrected chi connectivity index (χ0v) is 10.1. The van der Waals surface area contributed by atoms with Gasteiger partial charge in [-0.1, -0.05) is 24.4 Å². The predicted molar refractivity (Wildman–Crippen MR) is 68.8 cm³/mol. The van der Waals surface area contributed by atoms with Gasteiger partial charge >= 0.3 is 0 Å². The Morgan fingerprint density at radius 3 is 3.06 bits per heavy atom. The maximum absolute atomic E-state index is 5.60. The lowest BCUT2D eigenvalue weighted by Gasteiger charge is -2.05. The van der Waals surface area contributed by atoms with Crippen LogP contribution in [0.4, 0.5) is 0 Å². The van der Waals surface area contributed by atoms with E-state index < -0.39 is 0 Å². The highest BCUT2D eigenvalue weighted by molar-refractivity contribution is 7.80. The van der Waals surface area contributed by atoms with Crippen LogP contribution in [-0.2, 0) is 6.61 Å². The number of hydrogen-bond donors (Lipinski definition) is 1. The summed E-state index contributed by atoms with van der Waals surface area (Å²) in [4.78, 5) is 5.44. The van der Waals surface area contributed by atoms with Crippen LogP contribution in [0, 0.1) is 0 Å². The second kappa shape index (κ2) is 5.05. The van der Waals surface area contributed by atoms with E-state index in [0.717, 1.165) is 16.2 Å². The fourth-order valence-electron chi connectivity index (χ4n) is 1.21. The van der Waals surface area contributed by atoms with Crippen molar-refractivity contribution in [3.63, 3.8) is 0 Å². The number of nitrogens with two attached hydrogens (primary N) is 1. The van der Waals surface area contributed by atoms with E-state index in [2.05, 4.69) is 4.98 Å². The molecule has 82 valence electrons. The van der Waals surface area contributed by atoms with Gasteiger partial charge in [0.05, 0.1) is 10.4 Å². The number of hydrogen-bond acceptors (Lipinski definition) is 4. The highest BCUT2D eigenvalue weighted by Gasteiger charge is 2.00. The first kappa shape index (κ1) is 11.0. The highest BCUT2D eigenvalue weighted by Crippen LogP contribution is 2.16. The van der Waals surface area contributed by atoms with E-state index in [9.17, 15) is 0 Å². The van der Waals surface area contributed by atoms with Crippen LogP contribution >= 0.6 is 23.6 Å². The van der Waals surface area contributed by atoms with E-state index in [0.29, 0.717) is 11.6 Å². The fraction of sp³-hybridized carbons (Fsp3) is 0.0909. The zero-order chi connectivity index (χ0) is 11.4. The van der Waals surface area contributed by atoms with E-state index in [-0.39, 0.29) is 0 Å². The number of nitrogens with zero attached hydrogens (tertiary/aromatic N) is 1. The molecule has 0 amide bonds. The third-order valence-electron chi connectivity index (χ3n) is 1.98. The molecule has 1 aromatic heterocycles. The van der Waals surface area contributed by atoms with Crippen molar-refractivity contribution in [2.45, 2.75) is 6.61 Å². The average molecular weight is 250 g/mol. The molecular formula is C11H10N2OS2. The molecule has 2 N–H and O–H groups in total. The van der Waals surface area contributed by atoms with Gasteiger partial charge in [-0.25, -0.2) is 0 Å². The summed E-state index contributed by atoms with van der Waals surface area (Å²) in [5.41, 5.74) is 8.14. The Morgan fingerprint density at radius 2 is 2.38 bits per heavy atom. The third kappa shape index (κ3) is 2.77. The van der Waals surface area contributed by atoms with Crippen molar-refractivity contribution in [2.24, 2.45) is 5.73 Å². The van der Waals surface area contributed by atoms with Crippen LogP contribution in [0.5, 0.6) is 5.75 Å². The first-order valence-corrected chi connectivity index (χ1v) is 5.94. The molecule has 0 aliphatic carbocycles. The van der Waals surface area contributed by atoms with Gasteiger partial charge in [0, 0.05) is 11.8 Å². The molecule has 0 saturated carbocycles. The van der Waals surface area contributed by atoms with Crippen LogP contribution in [0.1, 0.15) is 10.4 Å². The number of benzene rings is 1. The number of aromatic nitrogens is 1. The van der Waals surface area contributed by atoms with Gasteiger partial charge in [-0.15, -0.1) is 11.3 Å². The molecule has 0 fully saturated rings. The standard InChI is InChI=1S/C11H10N2OS2/c12-11(15)8-2-1-3-9(4-8)14-6-10-5-13-7-16-10/h1-5,7H,6H2,(H2,12,15). The Labute approximate surface area is 103 Å². The highest BCUT2D eigenvalue weighted by atomic mass is 32.1. The summed E-state index contributed by atoms with van der Waals surface area (Å²) < 4.78 is 5.60. The van der Waals surface area contributed by atoms with Gasteiger partial charge in [-0.3, -0.25) is 4.98 Å². The van der Waals surface area contributed by atoms with Crippen molar-refractivity contribution in [3.8, 4) is 5.75 Å². The Kier molecular flexibility index (Phi) is 3.48. The summed E-state index contributed by atoms with van der Waals surface area (Å²) in [6, 6.07) is 7.45. The minimum atomic E-state index is 0.378. The Balaban J connectivity index is 2.04. The summed E-state index contributed by atoms with van der Waals surface area (Å²) in [7, 11) is 0. The molecule has 2 rings (SSSR count). The van der Waals surface area contributed by atoms with Gasteiger partial charge in [-0.05, 0) is 12.1 Å². The third-order valence-corrected chi connectivity index (χ3v) is 2.97. The normalized spacial score (nSPS) is 10.0. The average Bonchev–Trinajstić information content (AvgIpc) is 2.79. The quantitative estimate of drug-likeness (QED) is 0.846. The summed E-state index contributed by atoms with van der Waals surface area (Å²) >= 11 is 6.47. The second-order valence-corrected chi connectivity index (χ2v) is 4.56. The largest absolute Gasteiger partial charge is 0.488 e. The Morgan fingerprint density at radius 1 is 1.50 bits per heavy atom. The van der Waals surface area contributed by atoms with Crippen LogP contribution in [-0.4, -0.2) is 9.97 Å². The molecule has 0 bridgehead atoms. The molecule has 0 spiro atoms. The van der Waals surface area contributed by atoms with Gasteiger partial charge in [0.25, 0.3) is 0 Å². The summed E-state index contributed by atoms with van der Waals surface area (Å²) in [6.07, 6.45) is 1.79. The molecule has 0 unspecified atom stereocenters. The molecule has 0 saturated heterocycles. The predicted octanol–water partition coefficient (Wildman–Crippen LogP) is 2.36. The molecule has 3 nitrogen and oxygen atoms in total. The molecule has 0 radical (unpaired) electrons. The molecule has 16 heavy (non-hydrogen) atoms. The van der Waals surface area contributed by atoms with Gasteiger partial charge < -0.3 is 10.5 Å². The van der Waals surface area contributed by atoms with Crippen LogP contribution in [0.15, 0.2) is 36.0 Å².